The average molecular weight is 714 g/mol. The second kappa shape index (κ2) is 14.4. The van der Waals surface area contributed by atoms with Crippen LogP contribution in [0.2, 0.25) is 0 Å². The molecule has 1 heterocycles. The van der Waals surface area contributed by atoms with Gasteiger partial charge in [-0.3, -0.25) is 0 Å². The second-order valence-electron chi connectivity index (χ2n) is 14.0. The summed E-state index contributed by atoms with van der Waals surface area (Å²) >= 11 is 0. The van der Waals surface area contributed by atoms with E-state index in [1.165, 1.54) is 33.0 Å². The van der Waals surface area contributed by atoms with Crippen molar-refractivity contribution < 1.29 is 0 Å². The van der Waals surface area contributed by atoms with Gasteiger partial charge in [-0.25, -0.2) is 15.0 Å². The van der Waals surface area contributed by atoms with Crippen LogP contribution in [0.25, 0.3) is 100 Å². The van der Waals surface area contributed by atoms with Gasteiger partial charge in [0.1, 0.15) is 0 Å². The molecule has 3 nitrogen and oxygen atoms in total. The van der Waals surface area contributed by atoms with E-state index >= 15 is 0 Å². The average Bonchev–Trinajstić information content (AvgIpc) is 3.29. The standard InChI is InChI=1S/C53H35N3/c1-3-14-36(15-4-1)38-28-31-41(32-29-38)51-54-52(56-53(55-51)49-27-12-21-39-17-9-10-24-46(39)49)45-23-11-22-43(35-45)47-25-13-26-48(50(47)40-18-5-2-6-19-40)44-33-30-37-16-7-8-20-42(37)34-44/h1-35H. The summed E-state index contributed by atoms with van der Waals surface area (Å²) < 4.78 is 0. The summed E-state index contributed by atoms with van der Waals surface area (Å²) in [6.07, 6.45) is 0. The lowest BCUT2D eigenvalue weighted by molar-refractivity contribution is 1.08. The van der Waals surface area contributed by atoms with Gasteiger partial charge in [-0.2, -0.15) is 0 Å². The van der Waals surface area contributed by atoms with E-state index in [9.17, 15) is 0 Å². The van der Waals surface area contributed by atoms with E-state index in [0.717, 1.165) is 49.7 Å². The van der Waals surface area contributed by atoms with Crippen molar-refractivity contribution >= 4 is 21.5 Å². The van der Waals surface area contributed by atoms with E-state index in [1.54, 1.807) is 0 Å². The molecule has 0 saturated carbocycles. The van der Waals surface area contributed by atoms with Gasteiger partial charge in [0.25, 0.3) is 0 Å². The predicted molar refractivity (Wildman–Crippen MR) is 233 cm³/mol. The third kappa shape index (κ3) is 6.31. The first kappa shape index (κ1) is 33.1. The third-order valence-corrected chi connectivity index (χ3v) is 10.5. The fourth-order valence-corrected chi connectivity index (χ4v) is 7.75. The zero-order chi connectivity index (χ0) is 37.3. The minimum atomic E-state index is 0.624. The summed E-state index contributed by atoms with van der Waals surface area (Å²) in [6, 6.07) is 74.8. The Morgan fingerprint density at radius 3 is 1.46 bits per heavy atom. The van der Waals surface area contributed by atoms with Gasteiger partial charge in [-0.05, 0) is 78.2 Å². The molecule has 262 valence electrons. The summed E-state index contributed by atoms with van der Waals surface area (Å²) in [7, 11) is 0. The Bertz CT molecular complexity index is 3000. The molecule has 0 bridgehead atoms. The van der Waals surface area contributed by atoms with Gasteiger partial charge in [0.2, 0.25) is 0 Å². The number of fused-ring (bicyclic) bond motifs is 2. The molecule has 0 amide bonds. The van der Waals surface area contributed by atoms with E-state index in [0.29, 0.717) is 17.5 Å². The van der Waals surface area contributed by atoms with Crippen LogP contribution in [0.5, 0.6) is 0 Å². The maximum atomic E-state index is 5.20. The molecule has 0 N–H and O–H groups in total. The number of aromatic nitrogens is 3. The largest absolute Gasteiger partial charge is 0.208 e. The smallest absolute Gasteiger partial charge is 0.164 e. The number of hydrogen-bond donors (Lipinski definition) is 0. The number of benzene rings is 9. The van der Waals surface area contributed by atoms with Crippen LogP contribution in [0.15, 0.2) is 212 Å². The highest BCUT2D eigenvalue weighted by Crippen LogP contribution is 2.42. The van der Waals surface area contributed by atoms with Gasteiger partial charge in [-0.1, -0.05) is 200 Å². The van der Waals surface area contributed by atoms with Crippen LogP contribution in [0.1, 0.15) is 0 Å². The summed E-state index contributed by atoms with van der Waals surface area (Å²) in [5.41, 5.74) is 12.1. The molecule has 0 aliphatic rings. The molecule has 0 aliphatic carbocycles. The first-order valence-electron chi connectivity index (χ1n) is 18.9. The lowest BCUT2D eigenvalue weighted by Crippen LogP contribution is -2.01. The molecule has 0 aliphatic heterocycles. The molecule has 1 aromatic heterocycles. The molecule has 0 saturated heterocycles. The predicted octanol–water partition coefficient (Wildman–Crippen LogP) is 13.8. The van der Waals surface area contributed by atoms with Crippen LogP contribution in [-0.4, -0.2) is 15.0 Å². The van der Waals surface area contributed by atoms with Gasteiger partial charge in [0, 0.05) is 16.7 Å². The van der Waals surface area contributed by atoms with Crippen LogP contribution in [0, 0.1) is 0 Å². The molecule has 10 rings (SSSR count). The minimum absolute atomic E-state index is 0.624. The van der Waals surface area contributed by atoms with Crippen molar-refractivity contribution in [2.75, 3.05) is 0 Å². The van der Waals surface area contributed by atoms with Crippen molar-refractivity contribution in [3.63, 3.8) is 0 Å². The van der Waals surface area contributed by atoms with E-state index in [4.69, 9.17) is 15.0 Å². The summed E-state index contributed by atoms with van der Waals surface area (Å²) in [5.74, 6) is 1.90. The van der Waals surface area contributed by atoms with Crippen molar-refractivity contribution in [1.29, 1.82) is 0 Å². The zero-order valence-electron chi connectivity index (χ0n) is 30.5. The van der Waals surface area contributed by atoms with E-state index in [1.807, 2.05) is 6.07 Å². The zero-order valence-corrected chi connectivity index (χ0v) is 30.5. The molecule has 0 unspecified atom stereocenters. The minimum Gasteiger partial charge on any atom is -0.208 e. The molecule has 0 fully saturated rings. The van der Waals surface area contributed by atoms with Crippen LogP contribution in [0.4, 0.5) is 0 Å². The van der Waals surface area contributed by atoms with Crippen LogP contribution >= 0.6 is 0 Å². The van der Waals surface area contributed by atoms with Gasteiger partial charge in [-0.15, -0.1) is 0 Å². The SMILES string of the molecule is c1ccc(-c2ccc(-c3nc(-c4cccc(-c5cccc(-c6ccc7ccccc7c6)c5-c5ccccc5)c4)nc(-c4cccc5ccccc45)n3)cc2)cc1. The summed E-state index contributed by atoms with van der Waals surface area (Å²) in [4.78, 5) is 15.5. The van der Waals surface area contributed by atoms with Crippen molar-refractivity contribution in [2.24, 2.45) is 0 Å². The number of hydrogen-bond acceptors (Lipinski definition) is 3. The Hall–Kier alpha value is -7.49. The lowest BCUT2D eigenvalue weighted by Gasteiger charge is -2.17. The van der Waals surface area contributed by atoms with Gasteiger partial charge < -0.3 is 0 Å². The number of nitrogens with zero attached hydrogens (tertiary/aromatic N) is 3. The van der Waals surface area contributed by atoms with Crippen LogP contribution in [0.3, 0.4) is 0 Å². The Labute approximate surface area is 326 Å². The van der Waals surface area contributed by atoms with Crippen molar-refractivity contribution in [3.8, 4) is 78.7 Å². The first-order valence-corrected chi connectivity index (χ1v) is 18.9. The van der Waals surface area contributed by atoms with Crippen molar-refractivity contribution in [2.45, 2.75) is 0 Å². The van der Waals surface area contributed by atoms with Gasteiger partial charge >= 0.3 is 0 Å². The number of rotatable bonds is 7. The molecule has 0 atom stereocenters. The van der Waals surface area contributed by atoms with Crippen molar-refractivity contribution in [1.82, 2.24) is 15.0 Å². The molecular formula is C53H35N3. The Morgan fingerprint density at radius 2 is 0.696 bits per heavy atom. The molecule has 9 aromatic carbocycles. The molecular weight excluding hydrogens is 679 g/mol. The molecule has 0 spiro atoms. The Kier molecular flexibility index (Phi) is 8.51. The highest BCUT2D eigenvalue weighted by Gasteiger charge is 2.18. The Balaban J connectivity index is 1.13. The van der Waals surface area contributed by atoms with E-state index in [2.05, 4.69) is 206 Å². The van der Waals surface area contributed by atoms with Crippen LogP contribution < -0.4 is 0 Å². The first-order chi connectivity index (χ1) is 27.7. The Morgan fingerprint density at radius 1 is 0.232 bits per heavy atom. The topological polar surface area (TPSA) is 38.7 Å². The monoisotopic (exact) mass is 713 g/mol. The molecule has 3 heteroatoms. The quantitative estimate of drug-likeness (QED) is 0.165. The maximum Gasteiger partial charge on any atom is 0.164 e. The normalized spacial score (nSPS) is 11.2. The highest BCUT2D eigenvalue weighted by molar-refractivity contribution is 5.98. The molecule has 56 heavy (non-hydrogen) atoms. The second-order valence-corrected chi connectivity index (χ2v) is 14.0. The molecule has 10 aromatic rings. The summed E-state index contributed by atoms with van der Waals surface area (Å²) in [6.45, 7) is 0. The van der Waals surface area contributed by atoms with Gasteiger partial charge in [0.15, 0.2) is 17.5 Å². The molecule has 0 radical (unpaired) electrons. The fourth-order valence-electron chi connectivity index (χ4n) is 7.75. The van der Waals surface area contributed by atoms with Gasteiger partial charge in [0.05, 0.1) is 0 Å². The third-order valence-electron chi connectivity index (χ3n) is 10.5. The van der Waals surface area contributed by atoms with Crippen LogP contribution in [-0.2, 0) is 0 Å². The van der Waals surface area contributed by atoms with Crippen molar-refractivity contribution in [3.05, 3.63) is 212 Å². The summed E-state index contributed by atoms with van der Waals surface area (Å²) in [5, 5.41) is 4.69. The maximum absolute atomic E-state index is 5.20. The fraction of sp³-hybridized carbons (Fsp3) is 0. The van der Waals surface area contributed by atoms with E-state index < -0.39 is 0 Å². The lowest BCUT2D eigenvalue weighted by atomic mass is 9.87. The highest BCUT2D eigenvalue weighted by atomic mass is 15.0. The van der Waals surface area contributed by atoms with E-state index in [-0.39, 0.29) is 0 Å².